The summed E-state index contributed by atoms with van der Waals surface area (Å²) in [6, 6.07) is 5.62. The second-order valence-corrected chi connectivity index (χ2v) is 5.96. The first-order chi connectivity index (χ1) is 10.4. The van der Waals surface area contributed by atoms with E-state index in [0.29, 0.717) is 0 Å². The van der Waals surface area contributed by atoms with Gasteiger partial charge in [0.25, 0.3) is 0 Å². The molecule has 1 aromatic carbocycles. The summed E-state index contributed by atoms with van der Waals surface area (Å²) in [7, 11) is 0. The maximum Gasteiger partial charge on any atom is 0.358 e. The average molecular weight is 367 g/mol. The maximum absolute atomic E-state index is 12.1. The molecule has 0 fully saturated rings. The van der Waals surface area contributed by atoms with E-state index in [2.05, 4.69) is 31.6 Å². The molecule has 0 radical (unpaired) electrons. The Morgan fingerprint density at radius 3 is 2.73 bits per heavy atom. The number of rotatable bonds is 5. The highest BCUT2D eigenvalue weighted by molar-refractivity contribution is 9.10. The number of carbonyl (C=O) groups excluding carboxylic acids is 1. The van der Waals surface area contributed by atoms with Crippen LogP contribution in [0.5, 0.6) is 0 Å². The predicted molar refractivity (Wildman–Crippen MR) is 83.8 cm³/mol. The molecule has 0 spiro atoms. The summed E-state index contributed by atoms with van der Waals surface area (Å²) in [6.45, 7) is 3.97. The van der Waals surface area contributed by atoms with Gasteiger partial charge in [-0.2, -0.15) is 0 Å². The van der Waals surface area contributed by atoms with Crippen LogP contribution in [0.1, 0.15) is 35.8 Å². The lowest BCUT2D eigenvalue weighted by Gasteiger charge is -2.14. The summed E-state index contributed by atoms with van der Waals surface area (Å²) in [5, 5.41) is 18.6. The monoisotopic (exact) mass is 366 g/mol. The number of aromatic nitrogens is 3. The van der Waals surface area contributed by atoms with Crippen molar-refractivity contribution in [3.8, 4) is 0 Å². The zero-order valence-corrected chi connectivity index (χ0v) is 13.7. The molecule has 0 atom stereocenters. The number of hydrogen-bond donors (Lipinski definition) is 2. The van der Waals surface area contributed by atoms with Crippen LogP contribution in [0.3, 0.4) is 0 Å². The fraction of sp³-hybridized carbons (Fsp3) is 0.286. The zero-order valence-electron chi connectivity index (χ0n) is 12.1. The number of nitrogens with one attached hydrogen (secondary N) is 1. The Hall–Kier alpha value is -2.22. The Bertz CT molecular complexity index is 712. The Labute approximate surface area is 135 Å². The molecule has 2 N–H and O–H groups in total. The normalized spacial score (nSPS) is 10.7. The molecule has 1 heterocycles. The lowest BCUT2D eigenvalue weighted by Crippen LogP contribution is -2.20. The molecule has 1 amide bonds. The molecule has 2 aromatic rings. The van der Waals surface area contributed by atoms with Gasteiger partial charge in [0.2, 0.25) is 5.91 Å². The molecule has 0 aliphatic heterocycles. The molecule has 2 rings (SSSR count). The van der Waals surface area contributed by atoms with Crippen molar-refractivity contribution >= 4 is 33.5 Å². The van der Waals surface area contributed by atoms with Crippen molar-refractivity contribution in [3.63, 3.8) is 0 Å². The van der Waals surface area contributed by atoms with Gasteiger partial charge in [0, 0.05) is 10.2 Å². The number of halogens is 1. The predicted octanol–water partition coefficient (Wildman–Crippen LogP) is 2.50. The standard InChI is InChI=1S/C14H15BrN4O3/c1-8(2)10-5-9(15)3-4-11(10)16-13(20)7-19-6-12(14(21)22)17-18-19/h3-6,8H,7H2,1-2H3,(H,16,20)(H,21,22). The van der Waals surface area contributed by atoms with E-state index >= 15 is 0 Å². The SMILES string of the molecule is CC(C)c1cc(Br)ccc1NC(=O)Cn1cc(C(=O)O)nn1. The Morgan fingerprint density at radius 1 is 1.41 bits per heavy atom. The van der Waals surface area contributed by atoms with Crippen molar-refractivity contribution in [2.45, 2.75) is 26.3 Å². The van der Waals surface area contributed by atoms with Crippen molar-refractivity contribution < 1.29 is 14.7 Å². The molecular formula is C14H15BrN4O3. The summed E-state index contributed by atoms with van der Waals surface area (Å²) < 4.78 is 2.13. The molecule has 0 saturated heterocycles. The zero-order chi connectivity index (χ0) is 16.3. The van der Waals surface area contributed by atoms with Gasteiger partial charge < -0.3 is 10.4 Å². The number of benzene rings is 1. The smallest absolute Gasteiger partial charge is 0.358 e. The number of hydrogen-bond acceptors (Lipinski definition) is 4. The Morgan fingerprint density at radius 2 is 2.14 bits per heavy atom. The van der Waals surface area contributed by atoms with Crippen LogP contribution < -0.4 is 5.32 Å². The van der Waals surface area contributed by atoms with E-state index in [4.69, 9.17) is 5.11 Å². The van der Waals surface area contributed by atoms with Gasteiger partial charge in [-0.15, -0.1) is 5.10 Å². The highest BCUT2D eigenvalue weighted by Gasteiger charge is 2.13. The minimum atomic E-state index is -1.18. The van der Waals surface area contributed by atoms with E-state index in [1.54, 1.807) is 0 Å². The van der Waals surface area contributed by atoms with Crippen molar-refractivity contribution in [2.24, 2.45) is 0 Å². The average Bonchev–Trinajstić information content (AvgIpc) is 2.89. The number of amides is 1. The summed E-state index contributed by atoms with van der Waals surface area (Å²) in [4.78, 5) is 22.8. The molecule has 8 heteroatoms. The molecule has 0 unspecified atom stereocenters. The molecule has 1 aromatic heterocycles. The van der Waals surface area contributed by atoms with Gasteiger partial charge in [0.1, 0.15) is 6.54 Å². The molecule has 0 bridgehead atoms. The van der Waals surface area contributed by atoms with Gasteiger partial charge >= 0.3 is 5.97 Å². The van der Waals surface area contributed by atoms with E-state index < -0.39 is 5.97 Å². The van der Waals surface area contributed by atoms with Crippen LogP contribution in [-0.4, -0.2) is 32.0 Å². The third kappa shape index (κ3) is 3.91. The van der Waals surface area contributed by atoms with Gasteiger partial charge in [0.05, 0.1) is 6.20 Å². The summed E-state index contributed by atoms with van der Waals surface area (Å²) in [5.74, 6) is -1.23. The largest absolute Gasteiger partial charge is 0.476 e. The first-order valence-corrected chi connectivity index (χ1v) is 7.39. The van der Waals surface area contributed by atoms with Crippen LogP contribution in [0.2, 0.25) is 0 Å². The Kier molecular flexibility index (Phi) is 4.92. The quantitative estimate of drug-likeness (QED) is 0.846. The minimum Gasteiger partial charge on any atom is -0.476 e. The van der Waals surface area contributed by atoms with E-state index in [1.165, 1.54) is 10.9 Å². The van der Waals surface area contributed by atoms with Crippen LogP contribution in [0.4, 0.5) is 5.69 Å². The second-order valence-electron chi connectivity index (χ2n) is 5.04. The fourth-order valence-electron chi connectivity index (χ4n) is 1.94. The third-order valence-corrected chi connectivity index (χ3v) is 3.47. The fourth-order valence-corrected chi connectivity index (χ4v) is 2.31. The molecule has 0 aliphatic carbocycles. The Balaban J connectivity index is 2.10. The van der Waals surface area contributed by atoms with Gasteiger partial charge in [-0.1, -0.05) is 35.0 Å². The number of anilines is 1. The number of nitrogens with zero attached hydrogens (tertiary/aromatic N) is 3. The van der Waals surface area contributed by atoms with Gasteiger partial charge in [-0.3, -0.25) is 4.79 Å². The molecule has 0 saturated carbocycles. The second kappa shape index (κ2) is 6.69. The topological polar surface area (TPSA) is 97.1 Å². The first-order valence-electron chi connectivity index (χ1n) is 6.59. The van der Waals surface area contributed by atoms with Crippen LogP contribution in [-0.2, 0) is 11.3 Å². The van der Waals surface area contributed by atoms with E-state index in [9.17, 15) is 9.59 Å². The molecule has 0 aliphatic rings. The van der Waals surface area contributed by atoms with Gasteiger partial charge in [-0.25, -0.2) is 9.48 Å². The van der Waals surface area contributed by atoms with E-state index in [0.717, 1.165) is 15.7 Å². The van der Waals surface area contributed by atoms with Crippen LogP contribution >= 0.6 is 15.9 Å². The number of carbonyl (C=O) groups is 2. The third-order valence-electron chi connectivity index (χ3n) is 2.97. The van der Waals surface area contributed by atoms with Crippen molar-refractivity contribution in [1.82, 2.24) is 15.0 Å². The number of carboxylic acids is 1. The number of aromatic carboxylic acids is 1. The number of carboxylic acid groups (broad SMARTS) is 1. The summed E-state index contributed by atoms with van der Waals surface area (Å²) in [5.41, 5.74) is 1.54. The highest BCUT2D eigenvalue weighted by Crippen LogP contribution is 2.27. The molecular weight excluding hydrogens is 352 g/mol. The van der Waals surface area contributed by atoms with Crippen molar-refractivity contribution in [3.05, 3.63) is 40.1 Å². The molecule has 22 heavy (non-hydrogen) atoms. The van der Waals surface area contributed by atoms with Crippen LogP contribution in [0.15, 0.2) is 28.9 Å². The van der Waals surface area contributed by atoms with E-state index in [1.807, 2.05) is 32.0 Å². The van der Waals surface area contributed by atoms with Crippen LogP contribution in [0.25, 0.3) is 0 Å². The van der Waals surface area contributed by atoms with Crippen molar-refractivity contribution in [1.29, 1.82) is 0 Å². The first kappa shape index (κ1) is 16.2. The highest BCUT2D eigenvalue weighted by atomic mass is 79.9. The van der Waals surface area contributed by atoms with Crippen LogP contribution in [0, 0.1) is 0 Å². The summed E-state index contributed by atoms with van der Waals surface area (Å²) >= 11 is 3.41. The minimum absolute atomic E-state index is 0.103. The maximum atomic E-state index is 12.1. The molecule has 7 nitrogen and oxygen atoms in total. The van der Waals surface area contributed by atoms with Gasteiger partial charge in [-0.05, 0) is 29.7 Å². The van der Waals surface area contributed by atoms with E-state index in [-0.39, 0.29) is 24.1 Å². The van der Waals surface area contributed by atoms with Crippen molar-refractivity contribution in [2.75, 3.05) is 5.32 Å². The lowest BCUT2D eigenvalue weighted by molar-refractivity contribution is -0.116. The summed E-state index contributed by atoms with van der Waals surface area (Å²) in [6.07, 6.45) is 1.22. The lowest BCUT2D eigenvalue weighted by atomic mass is 10.0. The molecule has 116 valence electrons. The van der Waals surface area contributed by atoms with Gasteiger partial charge in [0.15, 0.2) is 5.69 Å².